The van der Waals surface area contributed by atoms with Gasteiger partial charge in [-0.05, 0) is 25.0 Å². The molecule has 0 amide bonds. The summed E-state index contributed by atoms with van der Waals surface area (Å²) in [7, 11) is 1.74. The Morgan fingerprint density at radius 1 is 1.11 bits per heavy atom. The van der Waals surface area contributed by atoms with Crippen LogP contribution in [0.5, 0.6) is 5.75 Å². The van der Waals surface area contributed by atoms with Crippen LogP contribution >= 0.6 is 0 Å². The number of ether oxygens (including phenoxy) is 2. The lowest BCUT2D eigenvalue weighted by Gasteiger charge is -2.30. The lowest BCUT2D eigenvalue weighted by molar-refractivity contribution is 0.184. The normalized spacial score (nSPS) is 15.5. The third-order valence-electron chi connectivity index (χ3n) is 3.32. The van der Waals surface area contributed by atoms with Crippen molar-refractivity contribution in [2.75, 3.05) is 51.4 Å². The maximum absolute atomic E-state index is 5.92. The molecule has 0 atom stereocenters. The van der Waals surface area contributed by atoms with Gasteiger partial charge >= 0.3 is 0 Å². The van der Waals surface area contributed by atoms with E-state index >= 15 is 0 Å². The van der Waals surface area contributed by atoms with Crippen molar-refractivity contribution in [2.24, 2.45) is 0 Å². The number of para-hydroxylation sites is 2. The molecule has 2 rings (SSSR count). The van der Waals surface area contributed by atoms with Gasteiger partial charge in [0.25, 0.3) is 0 Å². The van der Waals surface area contributed by atoms with E-state index in [1.165, 1.54) is 5.69 Å². The first-order valence-corrected chi connectivity index (χ1v) is 7.08. The Bertz CT molecular complexity index is 365. The number of methoxy groups -OCH3 is 1. The summed E-state index contributed by atoms with van der Waals surface area (Å²) in [6.45, 7) is 5.74. The number of benzene rings is 1. The highest BCUT2D eigenvalue weighted by Crippen LogP contribution is 2.28. The topological polar surface area (TPSA) is 33.7 Å². The molecule has 1 aromatic rings. The highest BCUT2D eigenvalue weighted by Gasteiger charge is 2.14. The van der Waals surface area contributed by atoms with Gasteiger partial charge in [0.15, 0.2) is 0 Å². The van der Waals surface area contributed by atoms with E-state index in [0.717, 1.165) is 58.0 Å². The van der Waals surface area contributed by atoms with Gasteiger partial charge in [-0.25, -0.2) is 0 Å². The number of rotatable bonds is 7. The first-order valence-electron chi connectivity index (χ1n) is 7.08. The monoisotopic (exact) mass is 264 g/mol. The lowest BCUT2D eigenvalue weighted by atomic mass is 10.2. The molecular formula is C15H24N2O2. The van der Waals surface area contributed by atoms with E-state index in [9.17, 15) is 0 Å². The van der Waals surface area contributed by atoms with Crippen molar-refractivity contribution < 1.29 is 9.47 Å². The van der Waals surface area contributed by atoms with Gasteiger partial charge in [0, 0.05) is 39.9 Å². The molecule has 1 fully saturated rings. The average molecular weight is 264 g/mol. The zero-order valence-corrected chi connectivity index (χ0v) is 11.7. The van der Waals surface area contributed by atoms with E-state index in [2.05, 4.69) is 28.4 Å². The van der Waals surface area contributed by atoms with Crippen LogP contribution in [0.25, 0.3) is 0 Å². The van der Waals surface area contributed by atoms with E-state index < -0.39 is 0 Å². The molecule has 0 saturated carbocycles. The number of unbranched alkanes of at least 4 members (excludes halogenated alkanes) is 1. The summed E-state index contributed by atoms with van der Waals surface area (Å²) in [6, 6.07) is 8.33. The number of anilines is 1. The largest absolute Gasteiger partial charge is 0.491 e. The van der Waals surface area contributed by atoms with Crippen LogP contribution in [0, 0.1) is 0 Å². The van der Waals surface area contributed by atoms with Crippen molar-refractivity contribution >= 4 is 5.69 Å². The Balaban J connectivity index is 1.88. The summed E-state index contributed by atoms with van der Waals surface area (Å²) in [5.74, 6) is 1.00. The predicted molar refractivity (Wildman–Crippen MR) is 78.1 cm³/mol. The molecule has 4 heteroatoms. The van der Waals surface area contributed by atoms with Gasteiger partial charge in [-0.15, -0.1) is 0 Å². The Hall–Kier alpha value is -1.26. The molecule has 1 aliphatic rings. The van der Waals surface area contributed by atoms with E-state index in [1.807, 2.05) is 6.07 Å². The average Bonchev–Trinajstić information content (AvgIpc) is 2.48. The zero-order valence-electron chi connectivity index (χ0n) is 11.7. The molecular weight excluding hydrogens is 240 g/mol. The Morgan fingerprint density at radius 2 is 1.84 bits per heavy atom. The summed E-state index contributed by atoms with van der Waals surface area (Å²) in [4.78, 5) is 2.39. The summed E-state index contributed by atoms with van der Waals surface area (Å²) in [5.41, 5.74) is 1.22. The molecule has 106 valence electrons. The SMILES string of the molecule is COCCCCOc1ccccc1N1CCNCC1. The van der Waals surface area contributed by atoms with Gasteiger partial charge in [-0.1, -0.05) is 12.1 Å². The minimum Gasteiger partial charge on any atom is -0.491 e. The molecule has 0 aromatic heterocycles. The van der Waals surface area contributed by atoms with Crippen molar-refractivity contribution in [3.8, 4) is 5.75 Å². The summed E-state index contributed by atoms with van der Waals surface area (Å²) >= 11 is 0. The number of hydrogen-bond acceptors (Lipinski definition) is 4. The Kier molecular flexibility index (Phi) is 5.98. The molecule has 0 aliphatic carbocycles. The van der Waals surface area contributed by atoms with Gasteiger partial charge < -0.3 is 19.7 Å². The quantitative estimate of drug-likeness (QED) is 0.763. The number of piperazine rings is 1. The van der Waals surface area contributed by atoms with Crippen molar-refractivity contribution in [1.82, 2.24) is 5.32 Å². The maximum Gasteiger partial charge on any atom is 0.142 e. The van der Waals surface area contributed by atoms with Crippen LogP contribution in [-0.4, -0.2) is 46.5 Å². The van der Waals surface area contributed by atoms with E-state index in [4.69, 9.17) is 9.47 Å². The molecule has 19 heavy (non-hydrogen) atoms. The van der Waals surface area contributed by atoms with Gasteiger partial charge in [0.2, 0.25) is 0 Å². The van der Waals surface area contributed by atoms with E-state index in [0.29, 0.717) is 0 Å². The molecule has 1 aromatic carbocycles. The fourth-order valence-electron chi connectivity index (χ4n) is 2.28. The van der Waals surface area contributed by atoms with Gasteiger partial charge in [-0.2, -0.15) is 0 Å². The first kappa shape index (κ1) is 14.2. The van der Waals surface area contributed by atoms with Crippen LogP contribution < -0.4 is 15.0 Å². The van der Waals surface area contributed by atoms with Crippen molar-refractivity contribution in [3.05, 3.63) is 24.3 Å². The highest BCUT2D eigenvalue weighted by atomic mass is 16.5. The standard InChI is InChI=1S/C15H24N2O2/c1-18-12-4-5-13-19-15-7-3-2-6-14(15)17-10-8-16-9-11-17/h2-3,6-7,16H,4-5,8-13H2,1H3. The van der Waals surface area contributed by atoms with Crippen LogP contribution in [0.1, 0.15) is 12.8 Å². The van der Waals surface area contributed by atoms with Gasteiger partial charge in [-0.3, -0.25) is 0 Å². The van der Waals surface area contributed by atoms with Crippen LogP contribution in [0.2, 0.25) is 0 Å². The Labute approximate surface area is 115 Å². The smallest absolute Gasteiger partial charge is 0.142 e. The lowest BCUT2D eigenvalue weighted by Crippen LogP contribution is -2.43. The molecule has 1 heterocycles. The number of hydrogen-bond donors (Lipinski definition) is 1. The van der Waals surface area contributed by atoms with Crippen molar-refractivity contribution in [3.63, 3.8) is 0 Å². The molecule has 1 saturated heterocycles. The fourth-order valence-corrected chi connectivity index (χ4v) is 2.28. The maximum atomic E-state index is 5.92. The molecule has 0 unspecified atom stereocenters. The molecule has 4 nitrogen and oxygen atoms in total. The minimum atomic E-state index is 0.756. The number of nitrogens with one attached hydrogen (secondary N) is 1. The summed E-state index contributed by atoms with van der Waals surface area (Å²) in [6.07, 6.45) is 2.08. The van der Waals surface area contributed by atoms with Gasteiger partial charge in [0.05, 0.1) is 12.3 Å². The van der Waals surface area contributed by atoms with Crippen molar-refractivity contribution in [1.29, 1.82) is 0 Å². The van der Waals surface area contributed by atoms with Crippen LogP contribution in [0.3, 0.4) is 0 Å². The fraction of sp³-hybridized carbons (Fsp3) is 0.600. The second-order valence-electron chi connectivity index (χ2n) is 4.75. The molecule has 0 bridgehead atoms. The van der Waals surface area contributed by atoms with Gasteiger partial charge in [0.1, 0.15) is 5.75 Å². The second-order valence-corrected chi connectivity index (χ2v) is 4.75. The van der Waals surface area contributed by atoms with Crippen LogP contribution in [-0.2, 0) is 4.74 Å². The second kappa shape index (κ2) is 8.02. The van der Waals surface area contributed by atoms with Crippen LogP contribution in [0.4, 0.5) is 5.69 Å². The number of nitrogens with zero attached hydrogens (tertiary/aromatic N) is 1. The van der Waals surface area contributed by atoms with Crippen molar-refractivity contribution in [2.45, 2.75) is 12.8 Å². The molecule has 0 spiro atoms. The van der Waals surface area contributed by atoms with Crippen LogP contribution in [0.15, 0.2) is 24.3 Å². The molecule has 1 N–H and O–H groups in total. The molecule has 0 radical (unpaired) electrons. The first-order chi connectivity index (χ1) is 9.42. The minimum absolute atomic E-state index is 0.756. The van der Waals surface area contributed by atoms with E-state index in [1.54, 1.807) is 7.11 Å². The summed E-state index contributed by atoms with van der Waals surface area (Å²) < 4.78 is 11.0. The summed E-state index contributed by atoms with van der Waals surface area (Å²) in [5, 5.41) is 3.37. The third kappa shape index (κ3) is 4.40. The third-order valence-corrected chi connectivity index (χ3v) is 3.32. The van der Waals surface area contributed by atoms with E-state index in [-0.39, 0.29) is 0 Å². The predicted octanol–water partition coefficient (Wildman–Crippen LogP) is 1.90. The molecule has 1 aliphatic heterocycles. The highest BCUT2D eigenvalue weighted by molar-refractivity contribution is 5.58. The zero-order chi connectivity index (χ0) is 13.3. The Morgan fingerprint density at radius 3 is 2.63 bits per heavy atom.